The second kappa shape index (κ2) is 71.6. The van der Waals surface area contributed by atoms with Crippen LogP contribution in [0, 0.1) is 0 Å². The molecule has 0 aliphatic carbocycles. The molecule has 0 heterocycles. The van der Waals surface area contributed by atoms with E-state index in [-0.39, 0.29) is 31.1 Å². The molecule has 0 aliphatic heterocycles. The van der Waals surface area contributed by atoms with E-state index in [0.717, 1.165) is 83.5 Å². The van der Waals surface area contributed by atoms with Crippen LogP contribution in [0.15, 0.2) is 60.8 Å². The van der Waals surface area contributed by atoms with Crippen LogP contribution in [0.25, 0.3) is 0 Å². The van der Waals surface area contributed by atoms with Gasteiger partial charge in [0.25, 0.3) is 0 Å². The molecule has 0 bridgehead atoms. The van der Waals surface area contributed by atoms with Gasteiger partial charge in [0.05, 0.1) is 0 Å². The zero-order valence-corrected chi connectivity index (χ0v) is 55.7. The second-order valence-electron chi connectivity index (χ2n) is 24.8. The third-order valence-electron chi connectivity index (χ3n) is 16.5. The molecule has 0 radical (unpaired) electrons. The Kier molecular flexibility index (Phi) is 69.1. The molecule has 0 fully saturated rings. The number of unbranched alkanes of at least 4 members (excludes halogenated alkanes) is 47. The van der Waals surface area contributed by atoms with Gasteiger partial charge < -0.3 is 14.2 Å². The largest absolute Gasteiger partial charge is 0.462 e. The number of rotatable bonds is 68. The lowest BCUT2D eigenvalue weighted by molar-refractivity contribution is -0.167. The Morgan fingerprint density at radius 2 is 0.470 bits per heavy atom. The Balaban J connectivity index is 4.09. The number of hydrogen-bond donors (Lipinski definition) is 0. The fourth-order valence-corrected chi connectivity index (χ4v) is 11.0. The summed E-state index contributed by atoms with van der Waals surface area (Å²) >= 11 is 0. The number of carbonyl (C=O) groups is 3. The molecule has 1 unspecified atom stereocenters. The van der Waals surface area contributed by atoms with E-state index in [2.05, 4.69) is 81.5 Å². The molecule has 1 atom stereocenters. The van der Waals surface area contributed by atoms with E-state index in [1.165, 1.54) is 270 Å². The summed E-state index contributed by atoms with van der Waals surface area (Å²) in [6, 6.07) is 0. The van der Waals surface area contributed by atoms with Crippen molar-refractivity contribution in [3.63, 3.8) is 0 Å². The quantitative estimate of drug-likeness (QED) is 0.0261. The van der Waals surface area contributed by atoms with Crippen LogP contribution < -0.4 is 0 Å². The van der Waals surface area contributed by atoms with E-state index in [9.17, 15) is 14.4 Å². The second-order valence-corrected chi connectivity index (χ2v) is 24.8. The summed E-state index contributed by atoms with van der Waals surface area (Å²) in [6.45, 7) is 6.57. The summed E-state index contributed by atoms with van der Waals surface area (Å²) in [4.78, 5) is 38.3. The summed E-state index contributed by atoms with van der Waals surface area (Å²) in [5.74, 6) is -0.845. The number of esters is 3. The number of hydrogen-bond acceptors (Lipinski definition) is 6. The summed E-state index contributed by atoms with van der Waals surface area (Å²) < 4.78 is 17.0. The van der Waals surface area contributed by atoms with E-state index in [4.69, 9.17) is 14.2 Å². The van der Waals surface area contributed by atoms with Crippen LogP contribution in [0.3, 0.4) is 0 Å². The van der Waals surface area contributed by atoms with Crippen molar-refractivity contribution in [2.24, 2.45) is 0 Å². The molecular formula is C77H140O6. The SMILES string of the molecule is CC/C=C\C/C=C\C/C=C\C/C=C\CCCCCCCCCCCCCCCCCCC(=O)OCC(COC(=O)CCCCCCCCCCC)OC(=O)CCCCCCCCCCCCCCCCC/C=C\CCCCCCCCCC. The first kappa shape index (κ1) is 80.1. The van der Waals surface area contributed by atoms with Gasteiger partial charge in [0.2, 0.25) is 0 Å². The first-order valence-electron chi connectivity index (χ1n) is 36.8. The highest BCUT2D eigenvalue weighted by molar-refractivity contribution is 5.71. The molecule has 0 amide bonds. The van der Waals surface area contributed by atoms with Crippen molar-refractivity contribution in [1.29, 1.82) is 0 Å². The Bertz CT molecular complexity index is 1470. The predicted molar refractivity (Wildman–Crippen MR) is 362 cm³/mol. The van der Waals surface area contributed by atoms with Gasteiger partial charge in [0.1, 0.15) is 13.2 Å². The van der Waals surface area contributed by atoms with Crippen molar-refractivity contribution in [3.8, 4) is 0 Å². The Morgan fingerprint density at radius 3 is 0.747 bits per heavy atom. The van der Waals surface area contributed by atoms with Crippen molar-refractivity contribution in [2.75, 3.05) is 13.2 Å². The Labute approximate surface area is 517 Å². The highest BCUT2D eigenvalue weighted by Gasteiger charge is 2.19. The van der Waals surface area contributed by atoms with Gasteiger partial charge >= 0.3 is 17.9 Å². The highest BCUT2D eigenvalue weighted by atomic mass is 16.6. The zero-order valence-electron chi connectivity index (χ0n) is 55.7. The first-order chi connectivity index (χ1) is 41.0. The molecule has 0 saturated carbocycles. The molecule has 83 heavy (non-hydrogen) atoms. The minimum absolute atomic E-state index is 0.0680. The van der Waals surface area contributed by atoms with Crippen LogP contribution in [-0.4, -0.2) is 37.2 Å². The van der Waals surface area contributed by atoms with Gasteiger partial charge in [-0.2, -0.15) is 0 Å². The zero-order chi connectivity index (χ0) is 59.9. The van der Waals surface area contributed by atoms with Gasteiger partial charge in [0.15, 0.2) is 6.10 Å². The number of ether oxygens (including phenoxy) is 3. The highest BCUT2D eigenvalue weighted by Crippen LogP contribution is 2.19. The van der Waals surface area contributed by atoms with Crippen LogP contribution in [0.5, 0.6) is 0 Å². The molecule has 0 aromatic rings. The monoisotopic (exact) mass is 1160 g/mol. The number of allylic oxidation sites excluding steroid dienone is 10. The maximum absolute atomic E-state index is 12.9. The molecule has 0 aromatic heterocycles. The van der Waals surface area contributed by atoms with Gasteiger partial charge in [-0.15, -0.1) is 0 Å². The average Bonchev–Trinajstić information content (AvgIpc) is 3.49. The van der Waals surface area contributed by atoms with E-state index in [0.29, 0.717) is 19.3 Å². The third kappa shape index (κ3) is 69.8. The fourth-order valence-electron chi connectivity index (χ4n) is 11.0. The Hall–Kier alpha value is -2.89. The van der Waals surface area contributed by atoms with Gasteiger partial charge in [0, 0.05) is 19.3 Å². The van der Waals surface area contributed by atoms with Gasteiger partial charge in [-0.25, -0.2) is 0 Å². The smallest absolute Gasteiger partial charge is 0.306 e. The molecule has 0 rings (SSSR count). The van der Waals surface area contributed by atoms with E-state index in [1.54, 1.807) is 0 Å². The van der Waals surface area contributed by atoms with Crippen LogP contribution >= 0.6 is 0 Å². The summed E-state index contributed by atoms with van der Waals surface area (Å²) in [6.07, 6.45) is 92.8. The molecule has 484 valence electrons. The lowest BCUT2D eigenvalue weighted by Gasteiger charge is -2.18. The standard InChI is InChI=1S/C77H140O6/c1-4-7-10-13-16-19-21-23-25-27-29-31-33-35-37-38-40-41-43-45-47-49-51-53-55-58-61-64-67-70-76(79)82-73-74(72-81-75(78)69-66-63-60-57-18-15-12-9-6-3)83-77(80)71-68-65-62-59-56-54-52-50-48-46-44-42-39-36-34-32-30-28-26-24-22-20-17-14-11-8-5-2/h7,10,16,19,23,25,28-31,74H,4-6,8-9,11-15,17-18,20-22,24,26-27,32-73H2,1-3H3/b10-7-,19-16-,25-23-,30-28-,31-29-. The van der Waals surface area contributed by atoms with Gasteiger partial charge in [-0.1, -0.05) is 351 Å². The van der Waals surface area contributed by atoms with Crippen LogP contribution in [-0.2, 0) is 28.6 Å². The van der Waals surface area contributed by atoms with Crippen molar-refractivity contribution in [2.45, 2.75) is 399 Å². The maximum atomic E-state index is 12.9. The molecule has 0 saturated heterocycles. The minimum Gasteiger partial charge on any atom is -0.462 e. The van der Waals surface area contributed by atoms with Crippen LogP contribution in [0.1, 0.15) is 393 Å². The lowest BCUT2D eigenvalue weighted by Crippen LogP contribution is -2.30. The topological polar surface area (TPSA) is 78.9 Å². The van der Waals surface area contributed by atoms with Gasteiger partial charge in [-0.3, -0.25) is 14.4 Å². The molecular weight excluding hydrogens is 1020 g/mol. The summed E-state index contributed by atoms with van der Waals surface area (Å²) in [7, 11) is 0. The van der Waals surface area contributed by atoms with Gasteiger partial charge in [-0.05, 0) is 83.5 Å². The van der Waals surface area contributed by atoms with Crippen LogP contribution in [0.4, 0.5) is 0 Å². The van der Waals surface area contributed by atoms with E-state index in [1.807, 2.05) is 0 Å². The molecule has 0 aromatic carbocycles. The lowest BCUT2D eigenvalue weighted by atomic mass is 10.0. The van der Waals surface area contributed by atoms with Crippen LogP contribution in [0.2, 0.25) is 0 Å². The van der Waals surface area contributed by atoms with E-state index < -0.39 is 6.10 Å². The molecule has 0 aliphatic rings. The fraction of sp³-hybridized carbons (Fsp3) is 0.831. The van der Waals surface area contributed by atoms with Crippen molar-refractivity contribution in [1.82, 2.24) is 0 Å². The third-order valence-corrected chi connectivity index (χ3v) is 16.5. The minimum atomic E-state index is -0.770. The molecule has 6 heteroatoms. The average molecular weight is 1160 g/mol. The predicted octanol–water partition coefficient (Wildman–Crippen LogP) is 25.5. The van der Waals surface area contributed by atoms with Crippen molar-refractivity contribution >= 4 is 17.9 Å². The molecule has 0 N–H and O–H groups in total. The molecule has 6 nitrogen and oxygen atoms in total. The summed E-state index contributed by atoms with van der Waals surface area (Å²) in [5, 5.41) is 0. The van der Waals surface area contributed by atoms with Crippen molar-refractivity contribution < 1.29 is 28.6 Å². The van der Waals surface area contributed by atoms with E-state index >= 15 is 0 Å². The first-order valence-corrected chi connectivity index (χ1v) is 36.8. The Morgan fingerprint density at radius 1 is 0.253 bits per heavy atom. The van der Waals surface area contributed by atoms with Crippen molar-refractivity contribution in [3.05, 3.63) is 60.8 Å². The molecule has 0 spiro atoms. The summed E-state index contributed by atoms with van der Waals surface area (Å²) in [5.41, 5.74) is 0. The normalized spacial score (nSPS) is 12.4. The number of carbonyl (C=O) groups excluding carboxylic acids is 3. The maximum Gasteiger partial charge on any atom is 0.306 e.